The Balaban J connectivity index is 1.89. The summed E-state index contributed by atoms with van der Waals surface area (Å²) in [5.74, 6) is -1.33. The van der Waals surface area contributed by atoms with Gasteiger partial charge in [-0.15, -0.1) is 0 Å². The number of carbonyl (C=O) groups excluding carboxylic acids is 2. The topological polar surface area (TPSA) is 55.7 Å². The lowest BCUT2D eigenvalue weighted by Gasteiger charge is -2.29. The van der Waals surface area contributed by atoms with Gasteiger partial charge >= 0.3 is 5.97 Å². The Labute approximate surface area is 140 Å². The number of halogens is 1. The summed E-state index contributed by atoms with van der Waals surface area (Å²) in [6.07, 6.45) is 4.23. The van der Waals surface area contributed by atoms with Gasteiger partial charge in [-0.1, -0.05) is 29.8 Å². The Kier molecular flexibility index (Phi) is 4.81. The number of carbonyl (C=O) groups is 2. The second-order valence-corrected chi connectivity index (χ2v) is 6.71. The first-order valence-electron chi connectivity index (χ1n) is 8.09. The summed E-state index contributed by atoms with van der Waals surface area (Å²) >= 11 is 6.29. The molecule has 0 saturated heterocycles. The van der Waals surface area contributed by atoms with Crippen LogP contribution in [0.1, 0.15) is 50.5 Å². The summed E-state index contributed by atoms with van der Waals surface area (Å²) in [5, 5.41) is 0.568. The van der Waals surface area contributed by atoms with E-state index >= 15 is 0 Å². The molecule has 1 saturated carbocycles. The van der Waals surface area contributed by atoms with Gasteiger partial charge < -0.3 is 4.74 Å². The number of aliphatic imine (C=N–C) groups is 1. The lowest BCUT2D eigenvalue weighted by atomic mass is 9.79. The van der Waals surface area contributed by atoms with Crippen LogP contribution in [0.4, 0.5) is 0 Å². The first-order valence-corrected chi connectivity index (χ1v) is 8.47. The zero-order chi connectivity index (χ0) is 16.4. The molecule has 1 heterocycles. The fraction of sp³-hybridized carbons (Fsp3) is 0.500. The quantitative estimate of drug-likeness (QED) is 0.788. The monoisotopic (exact) mass is 333 g/mol. The van der Waals surface area contributed by atoms with E-state index in [1.54, 1.807) is 13.0 Å². The number of esters is 1. The fourth-order valence-corrected chi connectivity index (χ4v) is 3.83. The molecule has 1 aromatic rings. The molecule has 2 unspecified atom stereocenters. The number of benzene rings is 1. The van der Waals surface area contributed by atoms with Crippen LogP contribution in [0.5, 0.6) is 0 Å². The molecule has 23 heavy (non-hydrogen) atoms. The van der Waals surface area contributed by atoms with Gasteiger partial charge in [-0.3, -0.25) is 9.59 Å². The average molecular weight is 334 g/mol. The van der Waals surface area contributed by atoms with E-state index in [0.717, 1.165) is 31.2 Å². The smallest absolute Gasteiger partial charge is 0.315 e. The van der Waals surface area contributed by atoms with Gasteiger partial charge in [0.1, 0.15) is 12.0 Å². The molecule has 1 amide bonds. The lowest BCUT2D eigenvalue weighted by molar-refractivity contribution is -0.152. The van der Waals surface area contributed by atoms with Gasteiger partial charge in [0, 0.05) is 23.1 Å². The minimum absolute atomic E-state index is 0.000164. The highest BCUT2D eigenvalue weighted by molar-refractivity contribution is 6.31. The third-order valence-electron chi connectivity index (χ3n) is 4.69. The van der Waals surface area contributed by atoms with Gasteiger partial charge in [0.05, 0.1) is 0 Å². The highest BCUT2D eigenvalue weighted by Crippen LogP contribution is 2.38. The molecular formula is C18H20ClNO3. The van der Waals surface area contributed by atoms with Gasteiger partial charge in [-0.2, -0.15) is 0 Å². The van der Waals surface area contributed by atoms with Crippen LogP contribution in [-0.2, 0) is 14.3 Å². The third kappa shape index (κ3) is 3.47. The van der Waals surface area contributed by atoms with E-state index in [2.05, 4.69) is 4.99 Å². The summed E-state index contributed by atoms with van der Waals surface area (Å²) in [4.78, 5) is 28.6. The number of amides is 1. The largest absolute Gasteiger partial charge is 0.462 e. The van der Waals surface area contributed by atoms with Crippen molar-refractivity contribution >= 4 is 29.2 Å². The minimum atomic E-state index is -0.534. The van der Waals surface area contributed by atoms with E-state index in [0.29, 0.717) is 10.7 Å². The van der Waals surface area contributed by atoms with Crippen molar-refractivity contribution in [3.8, 4) is 0 Å². The Morgan fingerprint density at radius 1 is 1.26 bits per heavy atom. The molecule has 1 aliphatic heterocycles. The summed E-state index contributed by atoms with van der Waals surface area (Å²) < 4.78 is 5.67. The molecule has 2 aliphatic rings. The van der Waals surface area contributed by atoms with Crippen molar-refractivity contribution in [2.45, 2.75) is 51.0 Å². The van der Waals surface area contributed by atoms with E-state index < -0.39 is 5.92 Å². The third-order valence-corrected chi connectivity index (χ3v) is 5.04. The molecule has 0 N–H and O–H groups in total. The maximum absolute atomic E-state index is 12.7. The van der Waals surface area contributed by atoms with Gasteiger partial charge in [0.15, 0.2) is 0 Å². The maximum atomic E-state index is 12.7. The van der Waals surface area contributed by atoms with Crippen LogP contribution in [0.3, 0.4) is 0 Å². The van der Waals surface area contributed by atoms with Crippen molar-refractivity contribution in [1.29, 1.82) is 0 Å². The molecule has 0 radical (unpaired) electrons. The van der Waals surface area contributed by atoms with Crippen LogP contribution in [-0.4, -0.2) is 23.7 Å². The van der Waals surface area contributed by atoms with Crippen molar-refractivity contribution in [3.05, 3.63) is 34.9 Å². The van der Waals surface area contributed by atoms with Crippen LogP contribution in [0.15, 0.2) is 29.3 Å². The summed E-state index contributed by atoms with van der Waals surface area (Å²) in [7, 11) is 0. The molecular weight excluding hydrogens is 314 g/mol. The zero-order valence-corrected chi connectivity index (χ0v) is 13.9. The van der Waals surface area contributed by atoms with E-state index in [4.69, 9.17) is 16.3 Å². The molecule has 2 atom stereocenters. The molecule has 1 aromatic carbocycles. The fourth-order valence-electron chi connectivity index (χ4n) is 3.55. The van der Waals surface area contributed by atoms with E-state index in [-0.39, 0.29) is 30.3 Å². The van der Waals surface area contributed by atoms with E-state index in [1.807, 2.05) is 18.2 Å². The standard InChI is InChI=1S/C18H20ClNO3/c1-11-17(18(22)23-12-6-2-3-7-12)14(10-16(21)20-11)13-8-4-5-9-15(13)19/h4-5,8-9,12,14,17H,2-3,6-7,10H2,1H3. The molecule has 5 heteroatoms. The van der Waals surface area contributed by atoms with E-state index in [1.165, 1.54) is 0 Å². The van der Waals surface area contributed by atoms with Crippen LogP contribution >= 0.6 is 11.6 Å². The van der Waals surface area contributed by atoms with Crippen LogP contribution in [0.2, 0.25) is 5.02 Å². The molecule has 0 spiro atoms. The van der Waals surface area contributed by atoms with Crippen molar-refractivity contribution < 1.29 is 14.3 Å². The number of hydrogen-bond acceptors (Lipinski definition) is 3. The zero-order valence-electron chi connectivity index (χ0n) is 13.1. The van der Waals surface area contributed by atoms with Gasteiger partial charge in [0.2, 0.25) is 5.91 Å². The van der Waals surface area contributed by atoms with Crippen molar-refractivity contribution in [1.82, 2.24) is 0 Å². The molecule has 0 bridgehead atoms. The van der Waals surface area contributed by atoms with E-state index in [9.17, 15) is 9.59 Å². The predicted octanol–water partition coefficient (Wildman–Crippen LogP) is 3.92. The number of rotatable bonds is 3. The minimum Gasteiger partial charge on any atom is -0.462 e. The molecule has 1 aliphatic carbocycles. The lowest BCUT2D eigenvalue weighted by Crippen LogP contribution is -2.36. The normalized spacial score (nSPS) is 25.3. The Bertz CT molecular complexity index is 649. The predicted molar refractivity (Wildman–Crippen MR) is 88.8 cm³/mol. The number of nitrogens with zero attached hydrogens (tertiary/aromatic N) is 1. The molecule has 0 aromatic heterocycles. The number of ether oxygens (including phenoxy) is 1. The van der Waals surface area contributed by atoms with Crippen molar-refractivity contribution in [2.24, 2.45) is 10.9 Å². The van der Waals surface area contributed by atoms with Gasteiger partial charge in [-0.25, -0.2) is 4.99 Å². The highest BCUT2D eigenvalue weighted by Gasteiger charge is 2.40. The maximum Gasteiger partial charge on any atom is 0.315 e. The molecule has 3 rings (SSSR count). The van der Waals surface area contributed by atoms with Gasteiger partial charge in [-0.05, 0) is 44.2 Å². The first-order chi connectivity index (χ1) is 11.1. The number of hydrogen-bond donors (Lipinski definition) is 0. The van der Waals surface area contributed by atoms with Crippen LogP contribution in [0, 0.1) is 5.92 Å². The second kappa shape index (κ2) is 6.83. The Morgan fingerprint density at radius 3 is 2.65 bits per heavy atom. The summed E-state index contributed by atoms with van der Waals surface area (Å²) in [6, 6.07) is 7.35. The average Bonchev–Trinajstić information content (AvgIpc) is 2.99. The highest BCUT2D eigenvalue weighted by atomic mass is 35.5. The van der Waals surface area contributed by atoms with Crippen LogP contribution < -0.4 is 0 Å². The van der Waals surface area contributed by atoms with Crippen LogP contribution in [0.25, 0.3) is 0 Å². The van der Waals surface area contributed by atoms with Gasteiger partial charge in [0.25, 0.3) is 0 Å². The summed E-state index contributed by atoms with van der Waals surface area (Å²) in [5.41, 5.74) is 1.33. The Hall–Kier alpha value is -1.68. The first kappa shape index (κ1) is 16.2. The molecule has 122 valence electrons. The SMILES string of the molecule is CC1=NC(=O)CC(c2ccccc2Cl)C1C(=O)OC1CCCC1. The summed E-state index contributed by atoms with van der Waals surface area (Å²) in [6.45, 7) is 1.72. The Morgan fingerprint density at radius 2 is 1.96 bits per heavy atom. The molecule has 1 fully saturated rings. The molecule has 4 nitrogen and oxygen atoms in total. The second-order valence-electron chi connectivity index (χ2n) is 6.30. The van der Waals surface area contributed by atoms with Crippen molar-refractivity contribution in [3.63, 3.8) is 0 Å². The van der Waals surface area contributed by atoms with Crippen molar-refractivity contribution in [2.75, 3.05) is 0 Å².